The summed E-state index contributed by atoms with van der Waals surface area (Å²) in [7, 11) is 0. The van der Waals surface area contributed by atoms with E-state index in [9.17, 15) is 14.4 Å². The molecule has 2 amide bonds. The van der Waals surface area contributed by atoms with E-state index in [4.69, 9.17) is 5.11 Å². The minimum atomic E-state index is -0.838. The summed E-state index contributed by atoms with van der Waals surface area (Å²) in [4.78, 5) is 36.8. The Hall–Kier alpha value is -1.65. The lowest BCUT2D eigenvalue weighted by Crippen LogP contribution is -2.36. The number of carbonyl (C=O) groups excluding carboxylic acids is 2. The molecule has 5 unspecified atom stereocenters. The van der Waals surface area contributed by atoms with Crippen molar-refractivity contribution in [1.82, 2.24) is 4.90 Å². The van der Waals surface area contributed by atoms with E-state index in [0.29, 0.717) is 13.0 Å². The number of likely N-dealkylation sites (tertiary alicyclic amines) is 1. The van der Waals surface area contributed by atoms with Crippen LogP contribution in [0.2, 0.25) is 0 Å². The molecular formula is C15H19NO4. The molecule has 0 aromatic carbocycles. The van der Waals surface area contributed by atoms with Crippen molar-refractivity contribution < 1.29 is 19.5 Å². The van der Waals surface area contributed by atoms with Crippen LogP contribution < -0.4 is 0 Å². The van der Waals surface area contributed by atoms with Crippen LogP contribution in [0.15, 0.2) is 12.2 Å². The molecule has 1 saturated heterocycles. The number of hydrogen-bond acceptors (Lipinski definition) is 3. The second-order valence-corrected chi connectivity index (χ2v) is 6.32. The van der Waals surface area contributed by atoms with Crippen molar-refractivity contribution in [1.29, 1.82) is 0 Å². The maximum absolute atomic E-state index is 12.4. The Balaban J connectivity index is 1.66. The van der Waals surface area contributed by atoms with Crippen molar-refractivity contribution in [3.05, 3.63) is 12.2 Å². The molecule has 2 aliphatic carbocycles. The summed E-state index contributed by atoms with van der Waals surface area (Å²) in [6.45, 7) is 2.25. The molecule has 108 valence electrons. The van der Waals surface area contributed by atoms with E-state index in [0.717, 1.165) is 6.42 Å². The highest BCUT2D eigenvalue weighted by Crippen LogP contribution is 2.52. The standard InChI is InChI=1S/C15H19NO4/c1-8(2-5-11(17)18)7-16-14(19)12-9-3-4-10(6-9)13(12)15(16)20/h3-4,8-10,12-13H,2,5-7H2,1H3,(H,17,18). The predicted molar refractivity (Wildman–Crippen MR) is 70.5 cm³/mol. The number of carbonyl (C=O) groups is 3. The molecule has 5 nitrogen and oxygen atoms in total. The fourth-order valence-electron chi connectivity index (χ4n) is 3.92. The minimum absolute atomic E-state index is 0.0310. The fourth-order valence-corrected chi connectivity index (χ4v) is 3.92. The summed E-state index contributed by atoms with van der Waals surface area (Å²) in [6, 6.07) is 0. The molecule has 3 rings (SSSR count). The lowest BCUT2D eigenvalue weighted by atomic mass is 9.85. The molecule has 3 aliphatic rings. The van der Waals surface area contributed by atoms with Crippen molar-refractivity contribution in [2.75, 3.05) is 6.54 Å². The van der Waals surface area contributed by atoms with Gasteiger partial charge in [-0.05, 0) is 30.6 Å². The first-order chi connectivity index (χ1) is 9.49. The van der Waals surface area contributed by atoms with Crippen molar-refractivity contribution in [2.24, 2.45) is 29.6 Å². The van der Waals surface area contributed by atoms with Crippen LogP contribution in [0, 0.1) is 29.6 Å². The van der Waals surface area contributed by atoms with Crippen LogP contribution in [0.5, 0.6) is 0 Å². The molecule has 20 heavy (non-hydrogen) atoms. The second-order valence-electron chi connectivity index (χ2n) is 6.32. The zero-order chi connectivity index (χ0) is 14.4. The van der Waals surface area contributed by atoms with Gasteiger partial charge in [-0.3, -0.25) is 19.3 Å². The number of aliphatic carboxylic acids is 1. The zero-order valence-corrected chi connectivity index (χ0v) is 11.5. The van der Waals surface area contributed by atoms with Crippen molar-refractivity contribution in [3.63, 3.8) is 0 Å². The molecule has 2 fully saturated rings. The van der Waals surface area contributed by atoms with Crippen LogP contribution in [0.3, 0.4) is 0 Å². The maximum atomic E-state index is 12.4. The lowest BCUT2D eigenvalue weighted by molar-refractivity contribution is -0.141. The second kappa shape index (κ2) is 4.72. The van der Waals surface area contributed by atoms with Gasteiger partial charge in [0.1, 0.15) is 0 Å². The van der Waals surface area contributed by atoms with Crippen LogP contribution in [0.1, 0.15) is 26.2 Å². The smallest absolute Gasteiger partial charge is 0.303 e. The van der Waals surface area contributed by atoms with Gasteiger partial charge >= 0.3 is 5.97 Å². The number of allylic oxidation sites excluding steroid dienone is 2. The molecule has 0 radical (unpaired) electrons. The zero-order valence-electron chi connectivity index (χ0n) is 11.5. The third-order valence-electron chi connectivity index (χ3n) is 4.91. The number of amides is 2. The van der Waals surface area contributed by atoms with Gasteiger partial charge in [0.25, 0.3) is 0 Å². The monoisotopic (exact) mass is 277 g/mol. The summed E-state index contributed by atoms with van der Waals surface area (Å²) in [5.41, 5.74) is 0. The number of fused-ring (bicyclic) bond motifs is 5. The Morgan fingerprint density at radius 3 is 2.35 bits per heavy atom. The van der Waals surface area contributed by atoms with Gasteiger partial charge in [0, 0.05) is 13.0 Å². The van der Waals surface area contributed by atoms with Gasteiger partial charge in [0.2, 0.25) is 11.8 Å². The van der Waals surface area contributed by atoms with E-state index < -0.39 is 5.97 Å². The van der Waals surface area contributed by atoms with Gasteiger partial charge in [0.15, 0.2) is 0 Å². The number of carboxylic acid groups (broad SMARTS) is 1. The third-order valence-corrected chi connectivity index (χ3v) is 4.91. The molecule has 1 aliphatic heterocycles. The highest BCUT2D eigenvalue weighted by atomic mass is 16.4. The first-order valence-corrected chi connectivity index (χ1v) is 7.24. The quantitative estimate of drug-likeness (QED) is 0.607. The van der Waals surface area contributed by atoms with Crippen molar-refractivity contribution in [2.45, 2.75) is 26.2 Å². The number of nitrogens with zero attached hydrogens (tertiary/aromatic N) is 1. The van der Waals surface area contributed by atoms with E-state index in [1.807, 2.05) is 6.92 Å². The third kappa shape index (κ3) is 1.96. The van der Waals surface area contributed by atoms with Gasteiger partial charge in [-0.25, -0.2) is 0 Å². The molecule has 0 aromatic heterocycles. The Morgan fingerprint density at radius 1 is 1.30 bits per heavy atom. The maximum Gasteiger partial charge on any atom is 0.303 e. The first-order valence-electron chi connectivity index (χ1n) is 7.24. The van der Waals surface area contributed by atoms with Gasteiger partial charge in [-0.1, -0.05) is 19.1 Å². The summed E-state index contributed by atoms with van der Waals surface area (Å²) in [5, 5.41) is 8.68. The SMILES string of the molecule is CC(CCC(=O)O)CN1C(=O)C2C3C=CC(C3)C2C1=O. The number of rotatable bonds is 5. The highest BCUT2D eigenvalue weighted by molar-refractivity contribution is 6.06. The van der Waals surface area contributed by atoms with E-state index in [2.05, 4.69) is 12.2 Å². The first kappa shape index (κ1) is 13.3. The van der Waals surface area contributed by atoms with Crippen LogP contribution in [0.4, 0.5) is 0 Å². The number of carboxylic acids is 1. The van der Waals surface area contributed by atoms with Gasteiger partial charge in [-0.2, -0.15) is 0 Å². The van der Waals surface area contributed by atoms with Gasteiger partial charge < -0.3 is 5.11 Å². The Labute approximate surface area is 117 Å². The predicted octanol–water partition coefficient (Wildman–Crippen LogP) is 1.29. The molecule has 0 spiro atoms. The molecule has 1 N–H and O–H groups in total. The van der Waals surface area contributed by atoms with Crippen LogP contribution in [0.25, 0.3) is 0 Å². The molecular weight excluding hydrogens is 258 g/mol. The van der Waals surface area contributed by atoms with Crippen LogP contribution >= 0.6 is 0 Å². The van der Waals surface area contributed by atoms with E-state index in [1.54, 1.807) is 0 Å². The van der Waals surface area contributed by atoms with Gasteiger partial charge in [0.05, 0.1) is 11.8 Å². The summed E-state index contributed by atoms with van der Waals surface area (Å²) in [5.74, 6) is -0.716. The van der Waals surface area contributed by atoms with Crippen molar-refractivity contribution >= 4 is 17.8 Å². The summed E-state index contributed by atoms with van der Waals surface area (Å²) >= 11 is 0. The van der Waals surface area contributed by atoms with Crippen molar-refractivity contribution in [3.8, 4) is 0 Å². The topological polar surface area (TPSA) is 74.7 Å². The molecule has 1 saturated carbocycles. The van der Waals surface area contributed by atoms with Gasteiger partial charge in [-0.15, -0.1) is 0 Å². The fraction of sp³-hybridized carbons (Fsp3) is 0.667. The molecule has 5 heteroatoms. The van der Waals surface area contributed by atoms with Crippen LogP contribution in [-0.4, -0.2) is 34.3 Å². The number of imide groups is 1. The molecule has 2 bridgehead atoms. The summed E-state index contributed by atoms with van der Waals surface area (Å²) in [6.07, 6.45) is 5.67. The number of hydrogen-bond donors (Lipinski definition) is 1. The lowest BCUT2D eigenvalue weighted by Gasteiger charge is -2.21. The van der Waals surface area contributed by atoms with E-state index >= 15 is 0 Å². The van der Waals surface area contributed by atoms with E-state index in [-0.39, 0.29) is 47.8 Å². The average Bonchev–Trinajstić information content (AvgIpc) is 3.06. The minimum Gasteiger partial charge on any atom is -0.481 e. The Morgan fingerprint density at radius 2 is 1.85 bits per heavy atom. The Bertz CT molecular complexity index is 468. The van der Waals surface area contributed by atoms with Crippen LogP contribution in [-0.2, 0) is 14.4 Å². The highest BCUT2D eigenvalue weighted by Gasteiger charge is 2.59. The molecule has 0 aromatic rings. The summed E-state index contributed by atoms with van der Waals surface area (Å²) < 4.78 is 0. The molecule has 1 heterocycles. The normalized spacial score (nSPS) is 35.8. The Kier molecular flexibility index (Phi) is 3.15. The van der Waals surface area contributed by atoms with E-state index in [1.165, 1.54) is 4.90 Å². The molecule has 5 atom stereocenters. The average molecular weight is 277 g/mol. The largest absolute Gasteiger partial charge is 0.481 e.